The van der Waals surface area contributed by atoms with Crippen molar-refractivity contribution in [3.05, 3.63) is 0 Å². The zero-order valence-electron chi connectivity index (χ0n) is 8.05. The van der Waals surface area contributed by atoms with Gasteiger partial charge in [-0.2, -0.15) is 0 Å². The van der Waals surface area contributed by atoms with Gasteiger partial charge in [0.2, 0.25) is 0 Å². The molecular formula is C10H19N2+. The molecule has 2 aliphatic rings. The van der Waals surface area contributed by atoms with Gasteiger partial charge in [-0.25, -0.2) is 4.58 Å². The summed E-state index contributed by atoms with van der Waals surface area (Å²) in [6.45, 7) is 5.05. The van der Waals surface area contributed by atoms with Crippen LogP contribution < -0.4 is 0 Å². The van der Waals surface area contributed by atoms with Gasteiger partial charge in [0, 0.05) is 12.8 Å². The maximum atomic E-state index is 2.62. The molecule has 0 amide bonds. The predicted molar refractivity (Wildman–Crippen MR) is 51.0 cm³/mol. The number of hydrogen-bond donors (Lipinski definition) is 0. The third kappa shape index (κ3) is 1.69. The molecule has 0 radical (unpaired) electrons. The molecule has 12 heavy (non-hydrogen) atoms. The molecule has 1 aliphatic carbocycles. The third-order valence-electron chi connectivity index (χ3n) is 3.13. The van der Waals surface area contributed by atoms with Crippen molar-refractivity contribution in [1.29, 1.82) is 0 Å². The van der Waals surface area contributed by atoms with E-state index in [4.69, 9.17) is 0 Å². The molecule has 1 saturated heterocycles. The first kappa shape index (κ1) is 8.24. The first-order valence-corrected chi connectivity index (χ1v) is 5.14. The van der Waals surface area contributed by atoms with E-state index in [1.807, 2.05) is 0 Å². The summed E-state index contributed by atoms with van der Waals surface area (Å²) in [5.74, 6) is 0. The van der Waals surface area contributed by atoms with Crippen LogP contribution in [0.5, 0.6) is 0 Å². The van der Waals surface area contributed by atoms with Crippen LogP contribution in [0.3, 0.4) is 0 Å². The monoisotopic (exact) mass is 167 g/mol. The van der Waals surface area contributed by atoms with E-state index >= 15 is 0 Å². The Bertz CT molecular complexity index is 178. The van der Waals surface area contributed by atoms with Crippen molar-refractivity contribution in [2.75, 3.05) is 33.2 Å². The quantitative estimate of drug-likeness (QED) is 0.487. The van der Waals surface area contributed by atoms with E-state index in [1.165, 1.54) is 51.9 Å². The molecule has 0 unspecified atom stereocenters. The van der Waals surface area contributed by atoms with E-state index in [0.29, 0.717) is 0 Å². The molecule has 0 aromatic rings. The lowest BCUT2D eigenvalue weighted by molar-refractivity contribution is -0.540. The summed E-state index contributed by atoms with van der Waals surface area (Å²) in [6.07, 6.45) is 5.62. The summed E-state index contributed by atoms with van der Waals surface area (Å²) in [5.41, 5.74) is 1.74. The van der Waals surface area contributed by atoms with Crippen LogP contribution in [-0.2, 0) is 0 Å². The molecule has 2 fully saturated rings. The highest BCUT2D eigenvalue weighted by Crippen LogP contribution is 2.15. The van der Waals surface area contributed by atoms with Crippen LogP contribution in [0.2, 0.25) is 0 Å². The van der Waals surface area contributed by atoms with Gasteiger partial charge in [0.25, 0.3) is 0 Å². The van der Waals surface area contributed by atoms with E-state index in [-0.39, 0.29) is 0 Å². The maximum absolute atomic E-state index is 2.62. The van der Waals surface area contributed by atoms with Crippen molar-refractivity contribution >= 4 is 5.71 Å². The normalized spacial score (nSPS) is 26.8. The van der Waals surface area contributed by atoms with Crippen LogP contribution in [-0.4, -0.2) is 48.4 Å². The molecule has 0 atom stereocenters. The van der Waals surface area contributed by atoms with Gasteiger partial charge in [0.15, 0.2) is 18.8 Å². The van der Waals surface area contributed by atoms with Gasteiger partial charge in [-0.15, -0.1) is 0 Å². The van der Waals surface area contributed by atoms with Gasteiger partial charge in [-0.3, -0.25) is 4.90 Å². The van der Waals surface area contributed by atoms with E-state index in [1.54, 1.807) is 5.71 Å². The molecule has 2 rings (SSSR count). The average molecular weight is 167 g/mol. The number of likely N-dealkylation sites (N-methyl/N-ethyl adjacent to an activating group) is 1. The maximum Gasteiger partial charge on any atom is 0.155 e. The standard InChI is InChI=1S/C10H19N2/c1-11-6-8-12(9-7-11)10-4-2-3-5-10/h2-9H2,1H3/q+1. The summed E-state index contributed by atoms with van der Waals surface area (Å²) in [6, 6.07) is 0. The second kappa shape index (κ2) is 3.56. The second-order valence-corrected chi connectivity index (χ2v) is 4.06. The fourth-order valence-corrected chi connectivity index (χ4v) is 2.22. The minimum absolute atomic E-state index is 1.25. The highest BCUT2D eigenvalue weighted by Gasteiger charge is 2.22. The van der Waals surface area contributed by atoms with Gasteiger partial charge in [-0.05, 0) is 19.9 Å². The highest BCUT2D eigenvalue weighted by atomic mass is 15.2. The molecule has 1 saturated carbocycles. The van der Waals surface area contributed by atoms with E-state index < -0.39 is 0 Å². The molecule has 0 N–H and O–H groups in total. The summed E-state index contributed by atoms with van der Waals surface area (Å²) in [5, 5.41) is 0. The minimum atomic E-state index is 1.25. The third-order valence-corrected chi connectivity index (χ3v) is 3.13. The Balaban J connectivity index is 1.99. The minimum Gasteiger partial charge on any atom is -0.294 e. The van der Waals surface area contributed by atoms with Crippen molar-refractivity contribution in [3.8, 4) is 0 Å². The van der Waals surface area contributed by atoms with Crippen LogP contribution in [0.25, 0.3) is 0 Å². The first-order valence-electron chi connectivity index (χ1n) is 5.14. The number of nitrogens with zero attached hydrogens (tertiary/aromatic N) is 2. The van der Waals surface area contributed by atoms with Crippen molar-refractivity contribution in [2.45, 2.75) is 25.7 Å². The van der Waals surface area contributed by atoms with Crippen LogP contribution in [0, 0.1) is 0 Å². The summed E-state index contributed by atoms with van der Waals surface area (Å²) >= 11 is 0. The fourth-order valence-electron chi connectivity index (χ4n) is 2.22. The van der Waals surface area contributed by atoms with Crippen LogP contribution in [0.4, 0.5) is 0 Å². The Morgan fingerprint density at radius 3 is 2.25 bits per heavy atom. The van der Waals surface area contributed by atoms with Crippen molar-refractivity contribution in [1.82, 2.24) is 4.90 Å². The van der Waals surface area contributed by atoms with Gasteiger partial charge in [0.1, 0.15) is 0 Å². The Hall–Kier alpha value is -0.370. The van der Waals surface area contributed by atoms with Crippen molar-refractivity contribution in [3.63, 3.8) is 0 Å². The van der Waals surface area contributed by atoms with Gasteiger partial charge >= 0.3 is 0 Å². The van der Waals surface area contributed by atoms with Gasteiger partial charge in [-0.1, -0.05) is 0 Å². The molecule has 2 heteroatoms. The van der Waals surface area contributed by atoms with E-state index in [2.05, 4.69) is 16.5 Å². The lowest BCUT2D eigenvalue weighted by atomic mass is 10.2. The number of piperazine rings is 1. The highest BCUT2D eigenvalue weighted by molar-refractivity contribution is 5.81. The largest absolute Gasteiger partial charge is 0.294 e. The lowest BCUT2D eigenvalue weighted by Gasteiger charge is -2.21. The van der Waals surface area contributed by atoms with E-state index in [9.17, 15) is 0 Å². The van der Waals surface area contributed by atoms with Gasteiger partial charge in [0.05, 0.1) is 13.1 Å². The zero-order chi connectivity index (χ0) is 8.39. The Morgan fingerprint density at radius 2 is 1.67 bits per heavy atom. The number of hydrogen-bond acceptors (Lipinski definition) is 1. The summed E-state index contributed by atoms with van der Waals surface area (Å²) in [4.78, 5) is 2.42. The number of rotatable bonds is 0. The van der Waals surface area contributed by atoms with Crippen LogP contribution in [0.1, 0.15) is 25.7 Å². The summed E-state index contributed by atoms with van der Waals surface area (Å²) < 4.78 is 2.62. The molecule has 0 aromatic heterocycles. The summed E-state index contributed by atoms with van der Waals surface area (Å²) in [7, 11) is 2.22. The van der Waals surface area contributed by atoms with Crippen molar-refractivity contribution in [2.24, 2.45) is 0 Å². The SMILES string of the molecule is CN1CC[N+](=C2CCCC2)CC1. The molecule has 1 heterocycles. The molecule has 68 valence electrons. The van der Waals surface area contributed by atoms with Crippen LogP contribution >= 0.6 is 0 Å². The predicted octanol–water partition coefficient (Wildman–Crippen LogP) is 0.959. The molecule has 0 bridgehead atoms. The van der Waals surface area contributed by atoms with Gasteiger partial charge < -0.3 is 0 Å². The lowest BCUT2D eigenvalue weighted by Crippen LogP contribution is -2.41. The van der Waals surface area contributed by atoms with Crippen molar-refractivity contribution < 1.29 is 4.58 Å². The molecule has 1 aliphatic heterocycles. The second-order valence-electron chi connectivity index (χ2n) is 4.06. The molecule has 2 nitrogen and oxygen atoms in total. The topological polar surface area (TPSA) is 6.25 Å². The molecule has 0 spiro atoms. The fraction of sp³-hybridized carbons (Fsp3) is 0.900. The van der Waals surface area contributed by atoms with E-state index in [0.717, 1.165) is 0 Å². The Kier molecular flexibility index (Phi) is 2.45. The Morgan fingerprint density at radius 1 is 1.08 bits per heavy atom. The van der Waals surface area contributed by atoms with Crippen LogP contribution in [0.15, 0.2) is 0 Å². The molecule has 0 aromatic carbocycles. The first-order chi connectivity index (χ1) is 5.86. The smallest absolute Gasteiger partial charge is 0.155 e. The average Bonchev–Trinajstić information content (AvgIpc) is 2.58. The zero-order valence-corrected chi connectivity index (χ0v) is 8.05. The molecular weight excluding hydrogens is 148 g/mol. The Labute approximate surface area is 74.9 Å².